The number of terminal acetylenes is 1. The normalized spacial score (nSPS) is 14.7. The first-order chi connectivity index (χ1) is 15.8. The van der Waals surface area contributed by atoms with E-state index in [9.17, 15) is 4.39 Å². The Kier molecular flexibility index (Phi) is 8.65. The molecule has 7 heteroatoms. The summed E-state index contributed by atoms with van der Waals surface area (Å²) in [5.74, 6) is 3.82. The van der Waals surface area contributed by atoms with Gasteiger partial charge in [0.15, 0.2) is 0 Å². The van der Waals surface area contributed by atoms with Gasteiger partial charge in [-0.05, 0) is 74.4 Å². The number of halogens is 3. The minimum atomic E-state index is -0.203. The monoisotopic (exact) mass is 518 g/mol. The maximum atomic E-state index is 14.5. The Morgan fingerprint density at radius 1 is 1.24 bits per heavy atom. The highest BCUT2D eigenvalue weighted by Crippen LogP contribution is 2.51. The zero-order chi connectivity index (χ0) is 23.7. The number of benzene rings is 2. The van der Waals surface area contributed by atoms with Crippen molar-refractivity contribution in [2.45, 2.75) is 45.6 Å². The summed E-state index contributed by atoms with van der Waals surface area (Å²) in [6, 6.07) is 9.21. The Morgan fingerprint density at radius 2 is 1.97 bits per heavy atom. The first-order valence-corrected chi connectivity index (χ1v) is 12.3. The summed E-state index contributed by atoms with van der Waals surface area (Å²) < 4.78 is 19.9. The van der Waals surface area contributed by atoms with Gasteiger partial charge in [0.05, 0.1) is 29.4 Å². The SMILES string of the molecule is C#CCN[C@H](c1ccc(C)c(F)c1)C(c1nc(-c2cc(C)c(OC)cc2Cl)c(C)s1)C1CC1.Cl. The average Bonchev–Trinajstić information content (AvgIpc) is 3.55. The molecule has 180 valence electrons. The molecule has 1 heterocycles. The van der Waals surface area contributed by atoms with Gasteiger partial charge in [0.2, 0.25) is 0 Å². The maximum absolute atomic E-state index is 14.5. The Bertz CT molecular complexity index is 1220. The molecule has 1 aromatic heterocycles. The van der Waals surface area contributed by atoms with Gasteiger partial charge in [-0.1, -0.05) is 29.7 Å². The topological polar surface area (TPSA) is 34.2 Å². The van der Waals surface area contributed by atoms with E-state index in [1.807, 2.05) is 31.2 Å². The fourth-order valence-electron chi connectivity index (χ4n) is 4.37. The predicted octanol–water partition coefficient (Wildman–Crippen LogP) is 7.42. The van der Waals surface area contributed by atoms with Gasteiger partial charge in [0, 0.05) is 22.4 Å². The van der Waals surface area contributed by atoms with Gasteiger partial charge in [0.1, 0.15) is 11.6 Å². The van der Waals surface area contributed by atoms with Crippen molar-refractivity contribution in [2.24, 2.45) is 5.92 Å². The van der Waals surface area contributed by atoms with E-state index in [2.05, 4.69) is 18.2 Å². The third-order valence-corrected chi connectivity index (χ3v) is 7.69. The molecule has 3 aromatic rings. The lowest BCUT2D eigenvalue weighted by Gasteiger charge is -2.27. The molecular weight excluding hydrogens is 490 g/mol. The number of methoxy groups -OCH3 is 1. The number of nitrogens with one attached hydrogen (secondary N) is 1. The molecule has 1 fully saturated rings. The second kappa shape index (κ2) is 11.1. The molecule has 0 saturated heterocycles. The third kappa shape index (κ3) is 5.42. The van der Waals surface area contributed by atoms with Crippen molar-refractivity contribution in [2.75, 3.05) is 13.7 Å². The molecule has 0 spiro atoms. The van der Waals surface area contributed by atoms with Crippen LogP contribution in [0.3, 0.4) is 0 Å². The van der Waals surface area contributed by atoms with E-state index in [1.54, 1.807) is 31.4 Å². The lowest BCUT2D eigenvalue weighted by molar-refractivity contribution is 0.412. The molecule has 2 atom stereocenters. The van der Waals surface area contributed by atoms with Crippen molar-refractivity contribution in [3.05, 3.63) is 67.7 Å². The summed E-state index contributed by atoms with van der Waals surface area (Å²) in [7, 11) is 1.64. The number of aryl methyl sites for hydroxylation is 3. The first-order valence-electron chi connectivity index (χ1n) is 11.1. The molecule has 0 radical (unpaired) electrons. The van der Waals surface area contributed by atoms with Crippen LogP contribution in [0.15, 0.2) is 30.3 Å². The van der Waals surface area contributed by atoms with Crippen LogP contribution in [0.2, 0.25) is 5.02 Å². The second-order valence-corrected chi connectivity index (χ2v) is 10.3. The molecule has 1 aliphatic carbocycles. The van der Waals surface area contributed by atoms with E-state index in [0.29, 0.717) is 23.0 Å². The van der Waals surface area contributed by atoms with Crippen LogP contribution in [0.25, 0.3) is 11.3 Å². The lowest BCUT2D eigenvalue weighted by atomic mass is 9.88. The number of rotatable bonds is 8. The Balaban J connectivity index is 0.00000324. The van der Waals surface area contributed by atoms with Crippen LogP contribution in [0.4, 0.5) is 4.39 Å². The number of thiazole rings is 1. The maximum Gasteiger partial charge on any atom is 0.126 e. The summed E-state index contributed by atoms with van der Waals surface area (Å²) in [6.07, 6.45) is 7.83. The highest BCUT2D eigenvalue weighted by Gasteiger charge is 2.40. The van der Waals surface area contributed by atoms with Gasteiger partial charge < -0.3 is 4.74 Å². The van der Waals surface area contributed by atoms with Gasteiger partial charge in [-0.25, -0.2) is 9.37 Å². The molecule has 1 N–H and O–H groups in total. The van der Waals surface area contributed by atoms with E-state index in [0.717, 1.165) is 50.9 Å². The predicted molar refractivity (Wildman–Crippen MR) is 142 cm³/mol. The van der Waals surface area contributed by atoms with Crippen LogP contribution in [0.5, 0.6) is 5.75 Å². The zero-order valence-corrected chi connectivity index (χ0v) is 22.1. The minimum absolute atomic E-state index is 0. The largest absolute Gasteiger partial charge is 0.496 e. The minimum Gasteiger partial charge on any atom is -0.496 e. The molecule has 0 bridgehead atoms. The van der Waals surface area contributed by atoms with Crippen molar-refractivity contribution in [3.63, 3.8) is 0 Å². The molecule has 0 amide bonds. The molecule has 0 aliphatic heterocycles. The van der Waals surface area contributed by atoms with Crippen LogP contribution in [-0.2, 0) is 0 Å². The van der Waals surface area contributed by atoms with Crippen LogP contribution in [-0.4, -0.2) is 18.6 Å². The van der Waals surface area contributed by atoms with Crippen molar-refractivity contribution in [3.8, 4) is 29.4 Å². The summed E-state index contributed by atoms with van der Waals surface area (Å²) in [4.78, 5) is 6.21. The van der Waals surface area contributed by atoms with Gasteiger partial charge in [-0.3, -0.25) is 5.32 Å². The van der Waals surface area contributed by atoms with E-state index in [4.69, 9.17) is 27.7 Å². The van der Waals surface area contributed by atoms with Crippen molar-refractivity contribution in [1.82, 2.24) is 10.3 Å². The Labute approximate surface area is 216 Å². The quantitative estimate of drug-likeness (QED) is 0.315. The Hall–Kier alpha value is -2.10. The molecule has 34 heavy (non-hydrogen) atoms. The van der Waals surface area contributed by atoms with Crippen LogP contribution in [0.1, 0.15) is 51.4 Å². The number of hydrogen-bond donors (Lipinski definition) is 1. The molecule has 1 saturated carbocycles. The molecule has 1 aliphatic rings. The van der Waals surface area contributed by atoms with Crippen LogP contribution >= 0.6 is 35.3 Å². The van der Waals surface area contributed by atoms with Crippen LogP contribution < -0.4 is 10.1 Å². The fourth-order valence-corrected chi connectivity index (χ4v) is 5.78. The third-order valence-electron chi connectivity index (χ3n) is 6.31. The van der Waals surface area contributed by atoms with E-state index < -0.39 is 0 Å². The fraction of sp³-hybridized carbons (Fsp3) is 0.370. The number of hydrogen-bond acceptors (Lipinski definition) is 4. The van der Waals surface area contributed by atoms with Crippen LogP contribution in [0, 0.1) is 44.9 Å². The van der Waals surface area contributed by atoms with Crippen molar-refractivity contribution >= 4 is 35.3 Å². The molecular formula is C27H29Cl2FN2OS. The summed E-state index contributed by atoms with van der Waals surface area (Å²) >= 11 is 8.31. The molecule has 4 rings (SSSR count). The standard InChI is InChI=1S/C27H28ClFN2OS.ClH/c1-6-11-30-26(19-8-7-15(2)22(29)13-19)24(18-9-10-18)27-31-25(17(4)33-27)20-12-16(3)23(32-5)14-21(20)28;/h1,7-8,12-14,18,24,26,30H,9-11H2,2-5H3;1H/t24?,26-;/m1./s1. The summed E-state index contributed by atoms with van der Waals surface area (Å²) in [6.45, 7) is 6.26. The van der Waals surface area contributed by atoms with Gasteiger partial charge in [0.25, 0.3) is 0 Å². The average molecular weight is 520 g/mol. The molecule has 1 unspecified atom stereocenters. The Morgan fingerprint density at radius 3 is 2.59 bits per heavy atom. The van der Waals surface area contributed by atoms with E-state index in [-0.39, 0.29) is 30.2 Å². The first kappa shape index (κ1) is 26.5. The van der Waals surface area contributed by atoms with Crippen molar-refractivity contribution < 1.29 is 9.13 Å². The van der Waals surface area contributed by atoms with E-state index in [1.165, 1.54) is 0 Å². The number of ether oxygens (including phenoxy) is 1. The highest BCUT2D eigenvalue weighted by molar-refractivity contribution is 7.12. The smallest absolute Gasteiger partial charge is 0.126 e. The number of aromatic nitrogens is 1. The summed E-state index contributed by atoms with van der Waals surface area (Å²) in [5.41, 5.74) is 4.34. The highest BCUT2D eigenvalue weighted by atomic mass is 35.5. The van der Waals surface area contributed by atoms with Crippen molar-refractivity contribution in [1.29, 1.82) is 0 Å². The van der Waals surface area contributed by atoms with E-state index >= 15 is 0 Å². The van der Waals surface area contributed by atoms with Gasteiger partial charge in [-0.2, -0.15) is 0 Å². The van der Waals surface area contributed by atoms with Gasteiger partial charge in [-0.15, -0.1) is 30.2 Å². The zero-order valence-electron chi connectivity index (χ0n) is 19.7. The summed E-state index contributed by atoms with van der Waals surface area (Å²) in [5, 5.41) is 5.12. The second-order valence-electron chi connectivity index (χ2n) is 8.69. The number of nitrogens with zero attached hydrogens (tertiary/aromatic N) is 1. The lowest BCUT2D eigenvalue weighted by Crippen LogP contribution is -2.29. The van der Waals surface area contributed by atoms with Gasteiger partial charge >= 0.3 is 0 Å². The molecule has 2 aromatic carbocycles. The molecule has 3 nitrogen and oxygen atoms in total.